The number of carboxylic acids is 1. The molecule has 0 saturated carbocycles. The largest absolute Gasteiger partial charge is 0.478 e. The minimum atomic E-state index is -0.943. The number of aromatic nitrogens is 1. The summed E-state index contributed by atoms with van der Waals surface area (Å²) in [6.07, 6.45) is 1.79. The van der Waals surface area contributed by atoms with Gasteiger partial charge in [-0.3, -0.25) is 4.79 Å². The third-order valence-electron chi connectivity index (χ3n) is 2.41. The van der Waals surface area contributed by atoms with E-state index in [9.17, 15) is 9.59 Å². The van der Waals surface area contributed by atoms with Crippen LogP contribution in [-0.2, 0) is 11.3 Å². The molecule has 0 spiro atoms. The van der Waals surface area contributed by atoms with Crippen molar-refractivity contribution in [2.75, 3.05) is 0 Å². The molecule has 4 heteroatoms. The maximum Gasteiger partial charge on any atom is 0.335 e. The maximum atomic E-state index is 11.0. The Morgan fingerprint density at radius 2 is 2.06 bits per heavy atom. The number of hydrogen-bond donors (Lipinski definition) is 1. The first-order chi connectivity index (χ1) is 7.58. The van der Waals surface area contributed by atoms with Crippen molar-refractivity contribution in [1.29, 1.82) is 0 Å². The number of benzene rings is 1. The second-order valence-corrected chi connectivity index (χ2v) is 3.72. The molecule has 2 rings (SSSR count). The van der Waals surface area contributed by atoms with Gasteiger partial charge in [-0.1, -0.05) is 0 Å². The fourth-order valence-electron chi connectivity index (χ4n) is 1.71. The lowest BCUT2D eigenvalue weighted by atomic mass is 10.1. The number of hydrogen-bond acceptors (Lipinski definition) is 2. The SMILES string of the molecule is CC(=O)Cn1ccc2cc(C(=O)O)ccc21. The van der Waals surface area contributed by atoms with Crippen LogP contribution in [0.3, 0.4) is 0 Å². The molecular formula is C12H11NO3. The summed E-state index contributed by atoms with van der Waals surface area (Å²) >= 11 is 0. The zero-order valence-corrected chi connectivity index (χ0v) is 8.80. The summed E-state index contributed by atoms with van der Waals surface area (Å²) in [6, 6.07) is 6.68. The summed E-state index contributed by atoms with van der Waals surface area (Å²) < 4.78 is 1.81. The number of rotatable bonds is 3. The van der Waals surface area contributed by atoms with E-state index in [4.69, 9.17) is 5.11 Å². The van der Waals surface area contributed by atoms with E-state index in [-0.39, 0.29) is 11.3 Å². The van der Waals surface area contributed by atoms with Crippen molar-refractivity contribution in [3.8, 4) is 0 Å². The summed E-state index contributed by atoms with van der Waals surface area (Å²) in [4.78, 5) is 21.8. The number of aromatic carboxylic acids is 1. The Hall–Kier alpha value is -2.10. The molecule has 0 saturated heterocycles. The predicted molar refractivity (Wildman–Crippen MR) is 59.6 cm³/mol. The van der Waals surface area contributed by atoms with Crippen LogP contribution < -0.4 is 0 Å². The Labute approximate surface area is 92.1 Å². The average molecular weight is 217 g/mol. The number of carboxylic acid groups (broad SMARTS) is 1. The Kier molecular flexibility index (Phi) is 2.48. The van der Waals surface area contributed by atoms with Crippen LogP contribution in [0.4, 0.5) is 0 Å². The topological polar surface area (TPSA) is 59.3 Å². The highest BCUT2D eigenvalue weighted by Gasteiger charge is 2.07. The first-order valence-electron chi connectivity index (χ1n) is 4.89. The zero-order valence-electron chi connectivity index (χ0n) is 8.80. The van der Waals surface area contributed by atoms with Gasteiger partial charge >= 0.3 is 5.97 Å². The molecule has 0 aliphatic heterocycles. The Morgan fingerprint density at radius 1 is 1.31 bits per heavy atom. The molecule has 0 aliphatic rings. The Morgan fingerprint density at radius 3 is 2.69 bits per heavy atom. The van der Waals surface area contributed by atoms with Crippen molar-refractivity contribution in [2.24, 2.45) is 0 Å². The van der Waals surface area contributed by atoms with Gasteiger partial charge in [0.15, 0.2) is 0 Å². The van der Waals surface area contributed by atoms with Crippen LogP contribution in [0.25, 0.3) is 10.9 Å². The number of carbonyl (C=O) groups excluding carboxylic acids is 1. The van der Waals surface area contributed by atoms with Crippen LogP contribution in [0.2, 0.25) is 0 Å². The van der Waals surface area contributed by atoms with Crippen molar-refractivity contribution in [3.63, 3.8) is 0 Å². The summed E-state index contributed by atoms with van der Waals surface area (Å²) in [7, 11) is 0. The Bertz CT molecular complexity index is 569. The van der Waals surface area contributed by atoms with Gasteiger partial charge in [0.2, 0.25) is 0 Å². The quantitative estimate of drug-likeness (QED) is 0.854. The van der Waals surface area contributed by atoms with Crippen molar-refractivity contribution >= 4 is 22.7 Å². The monoisotopic (exact) mass is 217 g/mol. The number of nitrogens with zero attached hydrogens (tertiary/aromatic N) is 1. The van der Waals surface area contributed by atoms with E-state index >= 15 is 0 Å². The van der Waals surface area contributed by atoms with E-state index in [2.05, 4.69) is 0 Å². The van der Waals surface area contributed by atoms with Crippen LogP contribution in [0, 0.1) is 0 Å². The summed E-state index contributed by atoms with van der Waals surface area (Å²) in [5, 5.41) is 9.67. The van der Waals surface area contributed by atoms with Crippen LogP contribution in [0.1, 0.15) is 17.3 Å². The molecule has 82 valence electrons. The third-order valence-corrected chi connectivity index (χ3v) is 2.41. The fraction of sp³-hybridized carbons (Fsp3) is 0.167. The van der Waals surface area contributed by atoms with E-state index in [1.54, 1.807) is 24.4 Å². The highest BCUT2D eigenvalue weighted by atomic mass is 16.4. The summed E-state index contributed by atoms with van der Waals surface area (Å²) in [5.74, 6) is -0.874. The molecule has 0 bridgehead atoms. The maximum absolute atomic E-state index is 11.0. The van der Waals surface area contributed by atoms with E-state index in [0.717, 1.165) is 10.9 Å². The van der Waals surface area contributed by atoms with E-state index in [1.807, 2.05) is 10.6 Å². The predicted octanol–water partition coefficient (Wildman–Crippen LogP) is 1.93. The van der Waals surface area contributed by atoms with Gasteiger partial charge in [0.05, 0.1) is 12.1 Å². The molecule has 1 heterocycles. The molecule has 0 unspecified atom stereocenters. The first-order valence-corrected chi connectivity index (χ1v) is 4.89. The first kappa shape index (κ1) is 10.4. The van der Waals surface area contributed by atoms with Crippen molar-refractivity contribution in [1.82, 2.24) is 4.57 Å². The molecule has 2 aromatic rings. The average Bonchev–Trinajstić information content (AvgIpc) is 2.60. The molecule has 1 aromatic carbocycles. The molecular weight excluding hydrogens is 206 g/mol. The molecule has 1 N–H and O–H groups in total. The van der Waals surface area contributed by atoms with Gasteiger partial charge in [0, 0.05) is 17.1 Å². The standard InChI is InChI=1S/C12H11NO3/c1-8(14)7-13-5-4-9-6-10(12(15)16)2-3-11(9)13/h2-6H,7H2,1H3,(H,15,16). The van der Waals surface area contributed by atoms with Gasteiger partial charge in [-0.05, 0) is 31.2 Å². The molecule has 4 nitrogen and oxygen atoms in total. The number of Topliss-reactive ketones (excluding diaryl/α,β-unsaturated/α-hetero) is 1. The Balaban J connectivity index is 2.50. The second kappa shape index (κ2) is 3.81. The second-order valence-electron chi connectivity index (χ2n) is 3.72. The van der Waals surface area contributed by atoms with Gasteiger partial charge in [-0.15, -0.1) is 0 Å². The molecule has 16 heavy (non-hydrogen) atoms. The summed E-state index contributed by atoms with van der Waals surface area (Å²) in [6.45, 7) is 1.84. The fourth-order valence-corrected chi connectivity index (χ4v) is 1.71. The highest BCUT2D eigenvalue weighted by molar-refractivity contribution is 5.94. The van der Waals surface area contributed by atoms with Gasteiger partial charge in [0.25, 0.3) is 0 Å². The van der Waals surface area contributed by atoms with Crippen LogP contribution in [0.5, 0.6) is 0 Å². The number of carbonyl (C=O) groups is 2. The van der Waals surface area contributed by atoms with E-state index in [0.29, 0.717) is 6.54 Å². The van der Waals surface area contributed by atoms with Crippen molar-refractivity contribution in [3.05, 3.63) is 36.0 Å². The lowest BCUT2D eigenvalue weighted by Crippen LogP contribution is -2.04. The molecule has 0 atom stereocenters. The zero-order chi connectivity index (χ0) is 11.7. The van der Waals surface area contributed by atoms with Crippen molar-refractivity contribution < 1.29 is 14.7 Å². The van der Waals surface area contributed by atoms with Crippen LogP contribution in [-0.4, -0.2) is 21.4 Å². The van der Waals surface area contributed by atoms with Gasteiger partial charge < -0.3 is 9.67 Å². The van der Waals surface area contributed by atoms with Crippen LogP contribution >= 0.6 is 0 Å². The number of ketones is 1. The number of fused-ring (bicyclic) bond motifs is 1. The van der Waals surface area contributed by atoms with Gasteiger partial charge in [0.1, 0.15) is 5.78 Å². The van der Waals surface area contributed by atoms with Gasteiger partial charge in [-0.25, -0.2) is 4.79 Å². The molecule has 0 radical (unpaired) electrons. The minimum Gasteiger partial charge on any atom is -0.478 e. The van der Waals surface area contributed by atoms with E-state index < -0.39 is 5.97 Å². The third kappa shape index (κ3) is 1.82. The van der Waals surface area contributed by atoms with Crippen molar-refractivity contribution in [2.45, 2.75) is 13.5 Å². The summed E-state index contributed by atoms with van der Waals surface area (Å²) in [5.41, 5.74) is 1.13. The lowest BCUT2D eigenvalue weighted by Gasteiger charge is -2.02. The highest BCUT2D eigenvalue weighted by Crippen LogP contribution is 2.17. The molecule has 0 fully saturated rings. The molecule has 0 aliphatic carbocycles. The molecule has 1 aromatic heterocycles. The minimum absolute atomic E-state index is 0.0693. The van der Waals surface area contributed by atoms with E-state index in [1.165, 1.54) is 6.92 Å². The van der Waals surface area contributed by atoms with Crippen LogP contribution in [0.15, 0.2) is 30.5 Å². The van der Waals surface area contributed by atoms with Gasteiger partial charge in [-0.2, -0.15) is 0 Å². The normalized spacial score (nSPS) is 10.6. The smallest absolute Gasteiger partial charge is 0.335 e. The lowest BCUT2D eigenvalue weighted by molar-refractivity contribution is -0.117. The molecule has 0 amide bonds.